The second-order valence-corrected chi connectivity index (χ2v) is 5.25. The molecule has 1 aromatic carbocycles. The van der Waals surface area contributed by atoms with Gasteiger partial charge in [-0.15, -0.1) is 10.2 Å². The third-order valence-electron chi connectivity index (χ3n) is 3.30. The maximum Gasteiger partial charge on any atom is 0.416 e. The van der Waals surface area contributed by atoms with E-state index in [1.54, 1.807) is 6.07 Å². The van der Waals surface area contributed by atoms with Gasteiger partial charge in [-0.2, -0.15) is 13.2 Å². The summed E-state index contributed by atoms with van der Waals surface area (Å²) in [5.41, 5.74) is -0.429. The maximum absolute atomic E-state index is 12.5. The normalized spacial score (nSPS) is 14.4. The number of benzene rings is 1. The second kappa shape index (κ2) is 5.86. The van der Waals surface area contributed by atoms with Gasteiger partial charge in [0.15, 0.2) is 5.69 Å². The molecule has 0 aliphatic heterocycles. The van der Waals surface area contributed by atoms with Crippen LogP contribution >= 0.6 is 0 Å². The molecule has 2 N–H and O–H groups in total. The van der Waals surface area contributed by atoms with Gasteiger partial charge in [0.2, 0.25) is 0 Å². The molecule has 0 radical (unpaired) electrons. The molecule has 8 heteroatoms. The van der Waals surface area contributed by atoms with Crippen molar-refractivity contribution in [1.29, 1.82) is 0 Å². The Labute approximate surface area is 129 Å². The van der Waals surface area contributed by atoms with Crippen molar-refractivity contribution in [2.24, 2.45) is 0 Å². The van der Waals surface area contributed by atoms with Gasteiger partial charge in [-0.3, -0.25) is 4.79 Å². The molecular formula is C15H13F3N4O. The number of carbonyl (C=O) groups excluding carboxylic acids is 1. The molecule has 23 heavy (non-hydrogen) atoms. The topological polar surface area (TPSA) is 66.9 Å². The molecule has 5 nitrogen and oxygen atoms in total. The predicted molar refractivity (Wildman–Crippen MR) is 78.1 cm³/mol. The minimum Gasteiger partial charge on any atom is -0.366 e. The van der Waals surface area contributed by atoms with Crippen molar-refractivity contribution in [1.82, 2.24) is 10.2 Å². The van der Waals surface area contributed by atoms with Gasteiger partial charge in [0.25, 0.3) is 5.91 Å². The monoisotopic (exact) mass is 322 g/mol. The molecule has 1 aliphatic carbocycles. The van der Waals surface area contributed by atoms with Crippen LogP contribution in [0.2, 0.25) is 0 Å². The number of amides is 1. The lowest BCUT2D eigenvalue weighted by Crippen LogP contribution is -2.15. The minimum absolute atomic E-state index is 0.0891. The second-order valence-electron chi connectivity index (χ2n) is 5.25. The number of carbonyl (C=O) groups is 1. The number of rotatable bonds is 4. The number of aromatic nitrogens is 2. The molecule has 0 spiro atoms. The Morgan fingerprint density at radius 1 is 1.04 bits per heavy atom. The van der Waals surface area contributed by atoms with Crippen LogP contribution in [-0.4, -0.2) is 22.1 Å². The summed E-state index contributed by atoms with van der Waals surface area (Å²) in [7, 11) is 0. The lowest BCUT2D eigenvalue weighted by Gasteiger charge is -2.08. The van der Waals surface area contributed by atoms with Crippen molar-refractivity contribution < 1.29 is 18.0 Å². The lowest BCUT2D eigenvalue weighted by molar-refractivity contribution is -0.137. The van der Waals surface area contributed by atoms with Gasteiger partial charge in [-0.1, -0.05) is 0 Å². The predicted octanol–water partition coefficient (Wildman–Crippen LogP) is 3.32. The lowest BCUT2D eigenvalue weighted by atomic mass is 10.2. The van der Waals surface area contributed by atoms with Crippen LogP contribution in [0.1, 0.15) is 28.9 Å². The molecule has 1 heterocycles. The summed E-state index contributed by atoms with van der Waals surface area (Å²) in [5.74, 6) is 0.0637. The van der Waals surface area contributed by atoms with Crippen LogP contribution in [0.4, 0.5) is 24.7 Å². The van der Waals surface area contributed by atoms with Crippen molar-refractivity contribution in [3.8, 4) is 0 Å². The standard InChI is InChI=1S/C15H13F3N4O/c16-15(17,18)9-1-3-11(4-2-9)20-14(23)12-7-8-13(22-21-12)19-10-5-6-10/h1-4,7-8,10H,5-6H2,(H,19,22)(H,20,23). The van der Waals surface area contributed by atoms with E-state index in [0.29, 0.717) is 11.9 Å². The summed E-state index contributed by atoms with van der Waals surface area (Å²) >= 11 is 0. The highest BCUT2D eigenvalue weighted by Gasteiger charge is 2.30. The van der Waals surface area contributed by atoms with Crippen LogP contribution in [0.3, 0.4) is 0 Å². The summed E-state index contributed by atoms with van der Waals surface area (Å²) in [5, 5.41) is 13.3. The number of nitrogens with zero attached hydrogens (tertiary/aromatic N) is 2. The zero-order valence-corrected chi connectivity index (χ0v) is 11.9. The van der Waals surface area contributed by atoms with Crippen molar-refractivity contribution in [2.45, 2.75) is 25.1 Å². The fourth-order valence-corrected chi connectivity index (χ4v) is 1.90. The van der Waals surface area contributed by atoms with E-state index in [9.17, 15) is 18.0 Å². The van der Waals surface area contributed by atoms with E-state index in [0.717, 1.165) is 25.0 Å². The summed E-state index contributed by atoms with van der Waals surface area (Å²) in [6.45, 7) is 0. The molecule has 1 amide bonds. The molecule has 0 unspecified atom stereocenters. The smallest absolute Gasteiger partial charge is 0.366 e. The summed E-state index contributed by atoms with van der Waals surface area (Å²) in [6, 6.07) is 7.78. The number of anilines is 2. The van der Waals surface area contributed by atoms with Crippen LogP contribution in [-0.2, 0) is 6.18 Å². The molecular weight excluding hydrogens is 309 g/mol. The van der Waals surface area contributed by atoms with Crippen LogP contribution in [0.25, 0.3) is 0 Å². The molecule has 3 rings (SSSR count). The maximum atomic E-state index is 12.5. The first-order valence-electron chi connectivity index (χ1n) is 7.01. The van der Waals surface area contributed by atoms with Crippen molar-refractivity contribution in [3.63, 3.8) is 0 Å². The molecule has 0 saturated heterocycles. The highest BCUT2D eigenvalue weighted by Crippen LogP contribution is 2.29. The third-order valence-corrected chi connectivity index (χ3v) is 3.30. The van der Waals surface area contributed by atoms with Crippen molar-refractivity contribution >= 4 is 17.4 Å². The molecule has 1 aliphatic rings. The Bertz CT molecular complexity index is 694. The highest BCUT2D eigenvalue weighted by molar-refractivity contribution is 6.02. The van der Waals surface area contributed by atoms with Crippen molar-refractivity contribution in [3.05, 3.63) is 47.7 Å². The Hall–Kier alpha value is -2.64. The third kappa shape index (κ3) is 3.97. The Morgan fingerprint density at radius 2 is 1.74 bits per heavy atom. The van der Waals surface area contributed by atoms with Crippen LogP contribution < -0.4 is 10.6 Å². The van der Waals surface area contributed by atoms with E-state index >= 15 is 0 Å². The van der Waals surface area contributed by atoms with Gasteiger partial charge in [0.05, 0.1) is 5.56 Å². The molecule has 2 aromatic rings. The van der Waals surface area contributed by atoms with Gasteiger partial charge >= 0.3 is 6.18 Å². The SMILES string of the molecule is O=C(Nc1ccc(C(F)(F)F)cc1)c1ccc(NC2CC2)nn1. The van der Waals surface area contributed by atoms with Gasteiger partial charge in [-0.05, 0) is 49.2 Å². The largest absolute Gasteiger partial charge is 0.416 e. The Kier molecular flexibility index (Phi) is 3.89. The van der Waals surface area contributed by atoms with Gasteiger partial charge in [0, 0.05) is 11.7 Å². The van der Waals surface area contributed by atoms with E-state index in [1.807, 2.05) is 0 Å². The fourth-order valence-electron chi connectivity index (χ4n) is 1.90. The zero-order chi connectivity index (χ0) is 16.4. The first kappa shape index (κ1) is 15.3. The van der Waals surface area contributed by atoms with E-state index in [-0.39, 0.29) is 11.4 Å². The van der Waals surface area contributed by atoms with Gasteiger partial charge < -0.3 is 10.6 Å². The molecule has 120 valence electrons. The fraction of sp³-hybridized carbons (Fsp3) is 0.267. The van der Waals surface area contributed by atoms with Crippen LogP contribution in [0.5, 0.6) is 0 Å². The molecule has 0 bridgehead atoms. The van der Waals surface area contributed by atoms with E-state index in [1.165, 1.54) is 18.2 Å². The first-order valence-corrected chi connectivity index (χ1v) is 7.01. The minimum atomic E-state index is -4.40. The van der Waals surface area contributed by atoms with Crippen molar-refractivity contribution in [2.75, 3.05) is 10.6 Å². The molecule has 1 fully saturated rings. The van der Waals surface area contributed by atoms with Gasteiger partial charge in [-0.25, -0.2) is 0 Å². The highest BCUT2D eigenvalue weighted by atomic mass is 19.4. The molecule has 1 saturated carbocycles. The Morgan fingerprint density at radius 3 is 2.26 bits per heavy atom. The number of hydrogen-bond acceptors (Lipinski definition) is 4. The molecule has 1 aromatic heterocycles. The number of nitrogens with one attached hydrogen (secondary N) is 2. The van der Waals surface area contributed by atoms with E-state index < -0.39 is 17.6 Å². The molecule has 0 atom stereocenters. The zero-order valence-electron chi connectivity index (χ0n) is 11.9. The van der Waals surface area contributed by atoms with Crippen LogP contribution in [0, 0.1) is 0 Å². The van der Waals surface area contributed by atoms with Crippen LogP contribution in [0.15, 0.2) is 36.4 Å². The quantitative estimate of drug-likeness (QED) is 0.906. The summed E-state index contributed by atoms with van der Waals surface area (Å²) in [6.07, 6.45) is -2.21. The van der Waals surface area contributed by atoms with E-state index in [4.69, 9.17) is 0 Å². The Balaban J connectivity index is 1.63. The first-order chi connectivity index (χ1) is 10.9. The summed E-state index contributed by atoms with van der Waals surface area (Å²) < 4.78 is 37.4. The average Bonchev–Trinajstić information content (AvgIpc) is 3.31. The average molecular weight is 322 g/mol. The van der Waals surface area contributed by atoms with E-state index in [2.05, 4.69) is 20.8 Å². The van der Waals surface area contributed by atoms with Gasteiger partial charge in [0.1, 0.15) is 5.82 Å². The number of halogens is 3. The number of alkyl halides is 3. The summed E-state index contributed by atoms with van der Waals surface area (Å²) in [4.78, 5) is 12.0. The number of hydrogen-bond donors (Lipinski definition) is 2.